The van der Waals surface area contributed by atoms with Crippen molar-refractivity contribution in [3.8, 4) is 22.3 Å². The van der Waals surface area contributed by atoms with Crippen LogP contribution in [0.5, 0.6) is 0 Å². The summed E-state index contributed by atoms with van der Waals surface area (Å²) in [6.45, 7) is 0. The lowest BCUT2D eigenvalue weighted by Crippen LogP contribution is -2.11. The van der Waals surface area contributed by atoms with E-state index in [0.29, 0.717) is 0 Å². The first-order valence-corrected chi connectivity index (χ1v) is 19.6. The lowest BCUT2D eigenvalue weighted by atomic mass is 9.92. The van der Waals surface area contributed by atoms with Crippen LogP contribution in [0.15, 0.2) is 188 Å². The molecule has 0 aliphatic rings. The van der Waals surface area contributed by atoms with Gasteiger partial charge in [-0.15, -0.1) is 22.7 Å². The lowest BCUT2D eigenvalue weighted by Gasteiger charge is -2.29. The van der Waals surface area contributed by atoms with Crippen LogP contribution in [0.2, 0.25) is 0 Å². The van der Waals surface area contributed by atoms with Crippen LogP contribution in [0.1, 0.15) is 0 Å². The van der Waals surface area contributed by atoms with Crippen molar-refractivity contribution in [2.24, 2.45) is 0 Å². The molecule has 2 heterocycles. The smallest absolute Gasteiger partial charge is 0.0640 e. The number of rotatable bonds is 5. The summed E-state index contributed by atoms with van der Waals surface area (Å²) in [6, 6.07) is 69.2. The Bertz CT molecular complexity index is 3190. The van der Waals surface area contributed by atoms with Crippen LogP contribution < -0.4 is 4.90 Å². The number of anilines is 3. The maximum Gasteiger partial charge on any atom is 0.0640 e. The maximum absolute atomic E-state index is 2.52. The van der Waals surface area contributed by atoms with Crippen molar-refractivity contribution in [1.29, 1.82) is 0 Å². The molecule has 0 fully saturated rings. The third kappa shape index (κ3) is 4.82. The van der Waals surface area contributed by atoms with Crippen molar-refractivity contribution in [1.82, 2.24) is 0 Å². The van der Waals surface area contributed by atoms with E-state index < -0.39 is 0 Å². The molecule has 0 aliphatic heterocycles. The van der Waals surface area contributed by atoms with E-state index in [-0.39, 0.29) is 0 Å². The summed E-state index contributed by atoms with van der Waals surface area (Å²) in [6.07, 6.45) is 0. The van der Waals surface area contributed by atoms with E-state index in [9.17, 15) is 0 Å². The number of hydrogen-bond donors (Lipinski definition) is 0. The Morgan fingerprint density at radius 1 is 0.321 bits per heavy atom. The molecule has 3 heteroatoms. The van der Waals surface area contributed by atoms with Crippen molar-refractivity contribution in [3.63, 3.8) is 0 Å². The molecule has 0 bridgehead atoms. The topological polar surface area (TPSA) is 3.24 Å². The Morgan fingerprint density at radius 2 is 0.906 bits per heavy atom. The van der Waals surface area contributed by atoms with Crippen LogP contribution in [0, 0.1) is 0 Å². The molecule has 11 aromatic rings. The van der Waals surface area contributed by atoms with Crippen LogP contribution in [0.4, 0.5) is 17.1 Å². The fourth-order valence-corrected chi connectivity index (χ4v) is 10.7. The normalized spacial score (nSPS) is 11.8. The van der Waals surface area contributed by atoms with Gasteiger partial charge in [-0.05, 0) is 69.2 Å². The fourth-order valence-electron chi connectivity index (χ4n) is 8.26. The van der Waals surface area contributed by atoms with E-state index in [1.807, 2.05) is 22.7 Å². The SMILES string of the molecule is c1ccc(-c2ccc(N(c3cc4ccccc4c4ccccc34)c3cccc4c3sc3ccccc34)cc2-c2cccc3c2sc2ccccc23)cc1. The van der Waals surface area contributed by atoms with Gasteiger partial charge in [0.05, 0.1) is 16.1 Å². The third-order valence-corrected chi connectivity index (χ3v) is 13.1. The summed E-state index contributed by atoms with van der Waals surface area (Å²) in [4.78, 5) is 2.52. The van der Waals surface area contributed by atoms with E-state index in [1.165, 1.54) is 95.5 Å². The van der Waals surface area contributed by atoms with Crippen LogP contribution in [-0.4, -0.2) is 0 Å². The van der Waals surface area contributed by atoms with E-state index in [0.717, 1.165) is 5.69 Å². The summed E-state index contributed by atoms with van der Waals surface area (Å²) >= 11 is 3.77. The van der Waals surface area contributed by atoms with Crippen molar-refractivity contribution < 1.29 is 0 Å². The average molecular weight is 710 g/mol. The van der Waals surface area contributed by atoms with Crippen molar-refractivity contribution in [3.05, 3.63) is 188 Å². The molecule has 2 aromatic heterocycles. The summed E-state index contributed by atoms with van der Waals surface area (Å²) in [5.74, 6) is 0. The van der Waals surface area contributed by atoms with Gasteiger partial charge in [0.25, 0.3) is 0 Å². The highest BCUT2D eigenvalue weighted by molar-refractivity contribution is 7.26. The third-order valence-electron chi connectivity index (χ3n) is 10.7. The molecule has 0 spiro atoms. The predicted molar refractivity (Wildman–Crippen MR) is 233 cm³/mol. The Balaban J connectivity index is 1.25. The van der Waals surface area contributed by atoms with Gasteiger partial charge >= 0.3 is 0 Å². The predicted octanol–water partition coefficient (Wildman–Crippen LogP) is 15.5. The van der Waals surface area contributed by atoms with Crippen LogP contribution >= 0.6 is 22.7 Å². The van der Waals surface area contributed by atoms with E-state index in [4.69, 9.17) is 0 Å². The minimum atomic E-state index is 1.13. The summed E-state index contributed by atoms with van der Waals surface area (Å²) in [7, 11) is 0. The van der Waals surface area contributed by atoms with E-state index >= 15 is 0 Å². The van der Waals surface area contributed by atoms with E-state index in [2.05, 4.69) is 193 Å². The minimum absolute atomic E-state index is 1.13. The molecule has 0 radical (unpaired) electrons. The number of thiophene rings is 2. The number of hydrogen-bond acceptors (Lipinski definition) is 3. The van der Waals surface area contributed by atoms with Gasteiger partial charge in [-0.25, -0.2) is 0 Å². The van der Waals surface area contributed by atoms with Crippen LogP contribution in [0.3, 0.4) is 0 Å². The number of nitrogens with zero attached hydrogens (tertiary/aromatic N) is 1. The van der Waals surface area contributed by atoms with Crippen LogP contribution in [-0.2, 0) is 0 Å². The first kappa shape index (κ1) is 30.4. The van der Waals surface area contributed by atoms with Gasteiger partial charge in [-0.2, -0.15) is 0 Å². The first-order chi connectivity index (χ1) is 26.3. The molecular weight excluding hydrogens is 679 g/mol. The highest BCUT2D eigenvalue weighted by Gasteiger charge is 2.23. The Kier molecular flexibility index (Phi) is 6.97. The standard InChI is InChI=1S/C50H31NS2/c1-2-14-32(15-3-1)36-29-28-34(31-44(36)43-23-12-22-41-39-20-8-10-26-47(39)52-49(41)43)51(45-25-13-24-42-40-21-9-11-27-48(40)53-50(42)45)46-30-33-16-4-5-17-35(33)37-18-6-7-19-38(37)46/h1-31H. The maximum atomic E-state index is 2.52. The molecule has 53 heavy (non-hydrogen) atoms. The zero-order chi connectivity index (χ0) is 34.9. The second-order valence-electron chi connectivity index (χ2n) is 13.6. The van der Waals surface area contributed by atoms with Gasteiger partial charge in [0, 0.05) is 52.3 Å². The quantitative estimate of drug-likeness (QED) is 0.161. The van der Waals surface area contributed by atoms with Gasteiger partial charge in [0.1, 0.15) is 0 Å². The molecule has 248 valence electrons. The van der Waals surface area contributed by atoms with Crippen molar-refractivity contribution in [2.45, 2.75) is 0 Å². The zero-order valence-electron chi connectivity index (χ0n) is 28.7. The molecule has 0 unspecified atom stereocenters. The minimum Gasteiger partial charge on any atom is -0.308 e. The molecule has 0 saturated carbocycles. The van der Waals surface area contributed by atoms with Gasteiger partial charge in [0.15, 0.2) is 0 Å². The Morgan fingerprint density at radius 3 is 1.68 bits per heavy atom. The lowest BCUT2D eigenvalue weighted by molar-refractivity contribution is 1.32. The zero-order valence-corrected chi connectivity index (χ0v) is 30.3. The van der Waals surface area contributed by atoms with Gasteiger partial charge in [-0.1, -0.05) is 152 Å². The molecule has 1 nitrogen and oxygen atoms in total. The molecule has 11 rings (SSSR count). The fraction of sp³-hybridized carbons (Fsp3) is 0. The summed E-state index contributed by atoms with van der Waals surface area (Å²) < 4.78 is 5.21. The highest BCUT2D eigenvalue weighted by atomic mass is 32.1. The van der Waals surface area contributed by atoms with Crippen molar-refractivity contribution >= 4 is 102 Å². The number of benzene rings is 9. The first-order valence-electron chi connectivity index (χ1n) is 18.0. The molecule has 0 saturated heterocycles. The largest absolute Gasteiger partial charge is 0.308 e. The highest BCUT2D eigenvalue weighted by Crippen LogP contribution is 2.50. The Labute approximate surface area is 315 Å². The summed E-state index contributed by atoms with van der Waals surface area (Å²) in [5, 5.41) is 10.2. The number of fused-ring (bicyclic) bond motifs is 9. The van der Waals surface area contributed by atoms with Gasteiger partial charge in [-0.3, -0.25) is 0 Å². The second kappa shape index (κ2) is 12.2. The second-order valence-corrected chi connectivity index (χ2v) is 15.7. The summed E-state index contributed by atoms with van der Waals surface area (Å²) in [5.41, 5.74) is 8.40. The molecule has 9 aromatic carbocycles. The molecule has 0 N–H and O–H groups in total. The molecule has 0 aliphatic carbocycles. The van der Waals surface area contributed by atoms with Crippen LogP contribution in [0.25, 0.3) is 84.1 Å². The van der Waals surface area contributed by atoms with E-state index in [1.54, 1.807) is 0 Å². The van der Waals surface area contributed by atoms with Gasteiger partial charge < -0.3 is 4.90 Å². The Hall–Kier alpha value is -6.26. The molecular formula is C50H31NS2. The van der Waals surface area contributed by atoms with Crippen molar-refractivity contribution in [2.75, 3.05) is 4.90 Å². The average Bonchev–Trinajstić information content (AvgIpc) is 3.81. The van der Waals surface area contributed by atoms with Gasteiger partial charge in [0.2, 0.25) is 0 Å². The monoisotopic (exact) mass is 709 g/mol. The molecule has 0 amide bonds. The molecule has 0 atom stereocenters.